The van der Waals surface area contributed by atoms with Gasteiger partial charge < -0.3 is 14.7 Å². The predicted molar refractivity (Wildman–Crippen MR) is 112 cm³/mol. The van der Waals surface area contributed by atoms with Crippen LogP contribution in [0.5, 0.6) is 5.75 Å². The van der Waals surface area contributed by atoms with Crippen molar-refractivity contribution in [2.75, 3.05) is 26.8 Å². The lowest BCUT2D eigenvalue weighted by atomic mass is 9.89. The van der Waals surface area contributed by atoms with Gasteiger partial charge in [-0.1, -0.05) is 11.6 Å². The number of nitrogens with zero attached hydrogens (tertiary/aromatic N) is 4. The molecule has 2 N–H and O–H groups in total. The van der Waals surface area contributed by atoms with Crippen molar-refractivity contribution in [1.82, 2.24) is 25.1 Å². The zero-order chi connectivity index (χ0) is 21.1. The number of rotatable bonds is 5. The molecule has 156 valence electrons. The number of hydrogen-bond donors (Lipinski definition) is 2. The number of ether oxygens (including phenoxy) is 1. The number of aromatic amines is 1. The van der Waals surface area contributed by atoms with Gasteiger partial charge in [-0.15, -0.1) is 0 Å². The molecule has 0 spiro atoms. The molecule has 1 saturated heterocycles. The van der Waals surface area contributed by atoms with E-state index in [2.05, 4.69) is 20.2 Å². The number of aromatic nitrogens is 4. The second kappa shape index (κ2) is 8.81. The Morgan fingerprint density at radius 2 is 2.13 bits per heavy atom. The lowest BCUT2D eigenvalue weighted by molar-refractivity contribution is -0.135. The zero-order valence-corrected chi connectivity index (χ0v) is 17.3. The third-order valence-corrected chi connectivity index (χ3v) is 5.74. The molecule has 0 radical (unpaired) electrons. The highest BCUT2D eigenvalue weighted by Crippen LogP contribution is 2.40. The Labute approximate surface area is 178 Å². The highest BCUT2D eigenvalue weighted by molar-refractivity contribution is 6.32. The summed E-state index contributed by atoms with van der Waals surface area (Å²) in [5.74, 6) is 0.552. The van der Waals surface area contributed by atoms with Gasteiger partial charge in [0.2, 0.25) is 5.91 Å². The molecular formula is C21H22ClN5O3. The van der Waals surface area contributed by atoms with Crippen LogP contribution in [-0.2, 0) is 4.79 Å². The van der Waals surface area contributed by atoms with E-state index in [1.165, 1.54) is 6.33 Å². The molecule has 0 saturated carbocycles. The monoisotopic (exact) mass is 427 g/mol. The standard InChI is InChI=1S/C21H22ClN5O3/c1-30-17-3-2-14(10-15(17)22)21-19(16-4-7-23-12-24-16)20(25-26-21)13-5-8-27(9-6-13)18(29)11-28/h2-4,7,10,12-13,28H,5-6,8-9,11H2,1H3,(H,25,26). The number of hydrogen-bond acceptors (Lipinski definition) is 6. The van der Waals surface area contributed by atoms with Gasteiger partial charge >= 0.3 is 0 Å². The molecule has 1 aliphatic heterocycles. The molecule has 1 amide bonds. The second-order valence-electron chi connectivity index (χ2n) is 7.12. The third kappa shape index (κ3) is 3.88. The van der Waals surface area contributed by atoms with Gasteiger partial charge in [-0.3, -0.25) is 9.89 Å². The number of likely N-dealkylation sites (tertiary alicyclic amines) is 1. The SMILES string of the molecule is COc1ccc(-c2n[nH]c(C3CCN(C(=O)CO)CC3)c2-c2ccncn2)cc1Cl. The van der Waals surface area contributed by atoms with E-state index in [1.807, 2.05) is 24.3 Å². The zero-order valence-electron chi connectivity index (χ0n) is 16.5. The Hall–Kier alpha value is -2.97. The van der Waals surface area contributed by atoms with Crippen LogP contribution in [0.2, 0.25) is 5.02 Å². The molecule has 0 aliphatic carbocycles. The van der Waals surface area contributed by atoms with Crippen LogP contribution in [0.1, 0.15) is 24.5 Å². The molecule has 1 aromatic carbocycles. The number of halogens is 1. The summed E-state index contributed by atoms with van der Waals surface area (Å²) in [6.45, 7) is 0.731. The average Bonchev–Trinajstić information content (AvgIpc) is 3.24. The van der Waals surface area contributed by atoms with Gasteiger partial charge in [0.05, 0.1) is 17.8 Å². The Kier molecular flexibility index (Phi) is 5.96. The number of H-pyrrole nitrogens is 1. The maximum Gasteiger partial charge on any atom is 0.248 e. The number of aliphatic hydroxyl groups excluding tert-OH is 1. The Balaban J connectivity index is 1.72. The number of piperidine rings is 1. The first kappa shape index (κ1) is 20.3. The molecule has 1 fully saturated rings. The molecule has 2 aromatic heterocycles. The largest absolute Gasteiger partial charge is 0.495 e. The fourth-order valence-corrected chi connectivity index (χ4v) is 4.15. The summed E-state index contributed by atoms with van der Waals surface area (Å²) >= 11 is 6.35. The maximum atomic E-state index is 11.8. The topological polar surface area (TPSA) is 104 Å². The summed E-state index contributed by atoms with van der Waals surface area (Å²) in [5, 5.41) is 17.4. The minimum Gasteiger partial charge on any atom is -0.495 e. The van der Waals surface area contributed by atoms with Crippen molar-refractivity contribution in [3.05, 3.63) is 47.5 Å². The molecule has 3 heterocycles. The van der Waals surface area contributed by atoms with E-state index in [0.29, 0.717) is 23.9 Å². The van der Waals surface area contributed by atoms with Crippen molar-refractivity contribution in [3.63, 3.8) is 0 Å². The van der Waals surface area contributed by atoms with Crippen molar-refractivity contribution < 1.29 is 14.6 Å². The van der Waals surface area contributed by atoms with E-state index in [-0.39, 0.29) is 11.8 Å². The Morgan fingerprint density at radius 1 is 1.33 bits per heavy atom. The lowest BCUT2D eigenvalue weighted by Gasteiger charge is -2.31. The smallest absolute Gasteiger partial charge is 0.248 e. The fraction of sp³-hybridized carbons (Fsp3) is 0.333. The fourth-order valence-electron chi connectivity index (χ4n) is 3.89. The molecule has 4 rings (SSSR count). The van der Waals surface area contributed by atoms with Crippen LogP contribution in [-0.4, -0.2) is 62.9 Å². The highest BCUT2D eigenvalue weighted by Gasteiger charge is 2.29. The second-order valence-corrected chi connectivity index (χ2v) is 7.53. The molecule has 1 aliphatic rings. The summed E-state index contributed by atoms with van der Waals surface area (Å²) < 4.78 is 5.26. The van der Waals surface area contributed by atoms with Crippen molar-refractivity contribution >= 4 is 17.5 Å². The van der Waals surface area contributed by atoms with Crippen LogP contribution in [0.4, 0.5) is 0 Å². The van der Waals surface area contributed by atoms with Crippen LogP contribution in [0.25, 0.3) is 22.5 Å². The molecule has 0 unspecified atom stereocenters. The van der Waals surface area contributed by atoms with E-state index < -0.39 is 6.61 Å². The summed E-state index contributed by atoms with van der Waals surface area (Å²) in [5.41, 5.74) is 4.26. The van der Waals surface area contributed by atoms with E-state index in [1.54, 1.807) is 18.2 Å². The van der Waals surface area contributed by atoms with E-state index in [4.69, 9.17) is 21.4 Å². The lowest BCUT2D eigenvalue weighted by Crippen LogP contribution is -2.39. The summed E-state index contributed by atoms with van der Waals surface area (Å²) in [6, 6.07) is 7.41. The summed E-state index contributed by atoms with van der Waals surface area (Å²) in [6.07, 6.45) is 4.76. The molecule has 9 heteroatoms. The quantitative estimate of drug-likeness (QED) is 0.648. The van der Waals surface area contributed by atoms with Gasteiger partial charge in [-0.05, 0) is 37.1 Å². The molecule has 3 aromatic rings. The molecular weight excluding hydrogens is 406 g/mol. The minimum absolute atomic E-state index is 0.188. The number of carbonyl (C=O) groups is 1. The van der Waals surface area contributed by atoms with Crippen LogP contribution in [0, 0.1) is 0 Å². The van der Waals surface area contributed by atoms with E-state index >= 15 is 0 Å². The first-order valence-corrected chi connectivity index (χ1v) is 10.1. The number of amides is 1. The first-order valence-electron chi connectivity index (χ1n) is 9.69. The molecule has 0 atom stereocenters. The van der Waals surface area contributed by atoms with Crippen molar-refractivity contribution in [2.24, 2.45) is 0 Å². The molecule has 30 heavy (non-hydrogen) atoms. The first-order chi connectivity index (χ1) is 14.6. The number of methoxy groups -OCH3 is 1. The minimum atomic E-state index is -0.455. The normalized spacial score (nSPS) is 14.7. The highest BCUT2D eigenvalue weighted by atomic mass is 35.5. The van der Waals surface area contributed by atoms with Gasteiger partial charge in [0, 0.05) is 42.0 Å². The van der Waals surface area contributed by atoms with Crippen LogP contribution in [0.15, 0.2) is 36.8 Å². The predicted octanol–water partition coefficient (Wildman–Crippen LogP) is 2.89. The van der Waals surface area contributed by atoms with E-state index in [0.717, 1.165) is 41.1 Å². The Morgan fingerprint density at radius 3 is 2.77 bits per heavy atom. The summed E-state index contributed by atoms with van der Waals surface area (Å²) in [4.78, 5) is 22.0. The number of nitrogens with one attached hydrogen (secondary N) is 1. The molecule has 8 nitrogen and oxygen atoms in total. The van der Waals surface area contributed by atoms with E-state index in [9.17, 15) is 4.79 Å². The van der Waals surface area contributed by atoms with Gasteiger partial charge in [0.1, 0.15) is 24.4 Å². The van der Waals surface area contributed by atoms with Gasteiger partial charge in [-0.25, -0.2) is 9.97 Å². The summed E-state index contributed by atoms with van der Waals surface area (Å²) in [7, 11) is 1.58. The van der Waals surface area contributed by atoms with Crippen LogP contribution < -0.4 is 4.74 Å². The third-order valence-electron chi connectivity index (χ3n) is 5.45. The van der Waals surface area contributed by atoms with Crippen molar-refractivity contribution in [3.8, 4) is 28.3 Å². The maximum absolute atomic E-state index is 11.8. The van der Waals surface area contributed by atoms with Crippen molar-refractivity contribution in [1.29, 1.82) is 0 Å². The molecule has 0 bridgehead atoms. The number of benzene rings is 1. The number of aliphatic hydroxyl groups is 1. The van der Waals surface area contributed by atoms with Crippen LogP contribution in [0.3, 0.4) is 0 Å². The van der Waals surface area contributed by atoms with Gasteiger partial charge in [0.25, 0.3) is 0 Å². The average molecular weight is 428 g/mol. The van der Waals surface area contributed by atoms with Crippen molar-refractivity contribution in [2.45, 2.75) is 18.8 Å². The Bertz CT molecular complexity index is 1030. The van der Waals surface area contributed by atoms with Crippen LogP contribution >= 0.6 is 11.6 Å². The number of carbonyl (C=O) groups excluding carboxylic acids is 1. The van der Waals surface area contributed by atoms with Gasteiger partial charge in [0.15, 0.2) is 0 Å². The van der Waals surface area contributed by atoms with Gasteiger partial charge in [-0.2, -0.15) is 5.10 Å².